The van der Waals surface area contributed by atoms with Crippen molar-refractivity contribution in [2.24, 2.45) is 11.8 Å². The summed E-state index contributed by atoms with van der Waals surface area (Å²) in [6.07, 6.45) is 5.69. The molecule has 0 bridgehead atoms. The molecule has 2 fully saturated rings. The van der Waals surface area contributed by atoms with Gasteiger partial charge in [-0.1, -0.05) is 13.3 Å². The van der Waals surface area contributed by atoms with Crippen LogP contribution in [0.2, 0.25) is 0 Å². The molecule has 2 rings (SSSR count). The second kappa shape index (κ2) is 7.20. The third-order valence-corrected chi connectivity index (χ3v) is 6.59. The molecule has 0 amide bonds. The van der Waals surface area contributed by atoms with Crippen LogP contribution in [0.5, 0.6) is 0 Å². The van der Waals surface area contributed by atoms with E-state index in [0.717, 1.165) is 39.0 Å². The van der Waals surface area contributed by atoms with Crippen molar-refractivity contribution in [2.45, 2.75) is 39.0 Å². The average molecular weight is 303 g/mol. The monoisotopic (exact) mass is 303 g/mol. The lowest BCUT2D eigenvalue weighted by molar-refractivity contribution is 0.375. The SMILES string of the molecule is CCCNCCCN(C)S(=O)(=O)N1CC2CCCC2C1. The van der Waals surface area contributed by atoms with E-state index in [0.29, 0.717) is 18.4 Å². The van der Waals surface area contributed by atoms with Crippen LogP contribution in [0.1, 0.15) is 39.0 Å². The minimum absolute atomic E-state index is 0.602. The van der Waals surface area contributed by atoms with E-state index in [2.05, 4.69) is 12.2 Å². The van der Waals surface area contributed by atoms with E-state index in [1.807, 2.05) is 0 Å². The minimum Gasteiger partial charge on any atom is -0.317 e. The van der Waals surface area contributed by atoms with Crippen LogP contribution in [0.4, 0.5) is 0 Å². The second-order valence-electron chi connectivity index (χ2n) is 6.20. The zero-order valence-electron chi connectivity index (χ0n) is 12.8. The Hall–Kier alpha value is -0.170. The first-order chi connectivity index (χ1) is 9.55. The van der Waals surface area contributed by atoms with Crippen molar-refractivity contribution in [1.82, 2.24) is 13.9 Å². The first kappa shape index (κ1) is 16.2. The summed E-state index contributed by atoms with van der Waals surface area (Å²) >= 11 is 0. The molecule has 2 unspecified atom stereocenters. The molecule has 20 heavy (non-hydrogen) atoms. The lowest BCUT2D eigenvalue weighted by atomic mass is 10.0. The van der Waals surface area contributed by atoms with Gasteiger partial charge < -0.3 is 5.32 Å². The van der Waals surface area contributed by atoms with Crippen molar-refractivity contribution in [3.63, 3.8) is 0 Å². The van der Waals surface area contributed by atoms with Gasteiger partial charge in [-0.05, 0) is 50.6 Å². The van der Waals surface area contributed by atoms with Crippen molar-refractivity contribution < 1.29 is 8.42 Å². The van der Waals surface area contributed by atoms with Gasteiger partial charge in [0.05, 0.1) is 0 Å². The van der Waals surface area contributed by atoms with Gasteiger partial charge in [0.2, 0.25) is 0 Å². The predicted octanol–water partition coefficient (Wildman–Crippen LogP) is 1.28. The smallest absolute Gasteiger partial charge is 0.281 e. The molecule has 2 aliphatic rings. The Labute approximate surface area is 123 Å². The Morgan fingerprint density at radius 1 is 1.20 bits per heavy atom. The van der Waals surface area contributed by atoms with Gasteiger partial charge in [-0.3, -0.25) is 0 Å². The number of hydrogen-bond donors (Lipinski definition) is 1. The molecule has 1 N–H and O–H groups in total. The Morgan fingerprint density at radius 2 is 1.85 bits per heavy atom. The van der Waals surface area contributed by atoms with Crippen LogP contribution in [0.15, 0.2) is 0 Å². The van der Waals surface area contributed by atoms with Gasteiger partial charge in [-0.15, -0.1) is 0 Å². The highest BCUT2D eigenvalue weighted by atomic mass is 32.2. The maximum atomic E-state index is 12.5. The lowest BCUT2D eigenvalue weighted by Crippen LogP contribution is -2.42. The molecule has 5 nitrogen and oxygen atoms in total. The van der Waals surface area contributed by atoms with Crippen molar-refractivity contribution in [3.8, 4) is 0 Å². The molecule has 0 aromatic rings. The maximum Gasteiger partial charge on any atom is 0.281 e. The Kier molecular flexibility index (Phi) is 5.84. The van der Waals surface area contributed by atoms with Gasteiger partial charge in [-0.2, -0.15) is 17.0 Å². The quantitative estimate of drug-likeness (QED) is 0.687. The Balaban J connectivity index is 1.77. The Morgan fingerprint density at radius 3 is 2.45 bits per heavy atom. The molecule has 0 spiro atoms. The summed E-state index contributed by atoms with van der Waals surface area (Å²) in [5, 5.41) is 3.31. The maximum absolute atomic E-state index is 12.5. The lowest BCUT2D eigenvalue weighted by Gasteiger charge is -2.24. The van der Waals surface area contributed by atoms with E-state index in [1.165, 1.54) is 23.6 Å². The van der Waals surface area contributed by atoms with E-state index in [4.69, 9.17) is 0 Å². The van der Waals surface area contributed by atoms with Crippen LogP contribution in [0.25, 0.3) is 0 Å². The number of hydrogen-bond acceptors (Lipinski definition) is 3. The fraction of sp³-hybridized carbons (Fsp3) is 1.00. The molecule has 0 radical (unpaired) electrons. The molecule has 1 heterocycles. The van der Waals surface area contributed by atoms with E-state index < -0.39 is 10.2 Å². The third kappa shape index (κ3) is 3.72. The largest absolute Gasteiger partial charge is 0.317 e. The Bertz CT molecular complexity index is 387. The van der Waals surface area contributed by atoms with Gasteiger partial charge in [0.1, 0.15) is 0 Å². The number of nitrogens with one attached hydrogen (secondary N) is 1. The molecular formula is C14H29N3O2S. The standard InChI is InChI=1S/C14H29N3O2S/c1-3-8-15-9-5-10-16(2)20(18,19)17-11-13-6-4-7-14(13)12-17/h13-15H,3-12H2,1-2H3. The van der Waals surface area contributed by atoms with E-state index in [-0.39, 0.29) is 0 Å². The van der Waals surface area contributed by atoms with Crippen molar-refractivity contribution in [1.29, 1.82) is 0 Å². The number of rotatable bonds is 8. The summed E-state index contributed by atoms with van der Waals surface area (Å²) in [6.45, 7) is 6.11. The normalized spacial score (nSPS) is 27.4. The van der Waals surface area contributed by atoms with E-state index in [9.17, 15) is 8.42 Å². The molecule has 1 aliphatic carbocycles. The molecule has 0 aromatic heterocycles. The molecule has 6 heteroatoms. The third-order valence-electron chi connectivity index (χ3n) is 4.67. The van der Waals surface area contributed by atoms with E-state index in [1.54, 1.807) is 11.4 Å². The fourth-order valence-corrected chi connectivity index (χ4v) is 4.94. The molecule has 1 saturated carbocycles. The highest BCUT2D eigenvalue weighted by molar-refractivity contribution is 7.86. The molecule has 1 saturated heterocycles. The highest BCUT2D eigenvalue weighted by Gasteiger charge is 2.41. The van der Waals surface area contributed by atoms with Crippen LogP contribution < -0.4 is 5.32 Å². The van der Waals surface area contributed by atoms with Crippen LogP contribution in [0.3, 0.4) is 0 Å². The molecule has 118 valence electrons. The molecule has 2 atom stereocenters. The molecule has 0 aromatic carbocycles. The topological polar surface area (TPSA) is 52.7 Å². The first-order valence-electron chi connectivity index (χ1n) is 7.97. The van der Waals surface area contributed by atoms with Crippen LogP contribution >= 0.6 is 0 Å². The molecule has 1 aliphatic heterocycles. The van der Waals surface area contributed by atoms with E-state index >= 15 is 0 Å². The summed E-state index contributed by atoms with van der Waals surface area (Å²) in [5.74, 6) is 1.23. The zero-order chi connectivity index (χ0) is 14.6. The van der Waals surface area contributed by atoms with Crippen molar-refractivity contribution in [3.05, 3.63) is 0 Å². The second-order valence-corrected chi connectivity index (χ2v) is 8.24. The van der Waals surface area contributed by atoms with Crippen LogP contribution in [0, 0.1) is 11.8 Å². The minimum atomic E-state index is -3.23. The van der Waals surface area contributed by atoms with Gasteiger partial charge in [0, 0.05) is 26.7 Å². The fourth-order valence-electron chi connectivity index (χ4n) is 3.42. The summed E-state index contributed by atoms with van der Waals surface area (Å²) in [6, 6.07) is 0. The van der Waals surface area contributed by atoms with Crippen molar-refractivity contribution in [2.75, 3.05) is 39.8 Å². The van der Waals surface area contributed by atoms with Crippen LogP contribution in [-0.2, 0) is 10.2 Å². The van der Waals surface area contributed by atoms with Crippen molar-refractivity contribution >= 4 is 10.2 Å². The highest BCUT2D eigenvalue weighted by Crippen LogP contribution is 2.38. The van der Waals surface area contributed by atoms with Gasteiger partial charge in [0.25, 0.3) is 10.2 Å². The van der Waals surface area contributed by atoms with Gasteiger partial charge >= 0.3 is 0 Å². The first-order valence-corrected chi connectivity index (χ1v) is 9.37. The van der Waals surface area contributed by atoms with Crippen LogP contribution in [-0.4, -0.2) is 56.8 Å². The van der Waals surface area contributed by atoms with Gasteiger partial charge in [-0.25, -0.2) is 0 Å². The number of nitrogens with zero attached hydrogens (tertiary/aromatic N) is 2. The summed E-state index contributed by atoms with van der Waals surface area (Å²) in [7, 11) is -1.52. The zero-order valence-corrected chi connectivity index (χ0v) is 13.7. The van der Waals surface area contributed by atoms with Gasteiger partial charge in [0.15, 0.2) is 0 Å². The molecular weight excluding hydrogens is 274 g/mol. The predicted molar refractivity (Wildman–Crippen MR) is 81.7 cm³/mol. The number of fused-ring (bicyclic) bond motifs is 1. The summed E-state index contributed by atoms with van der Waals surface area (Å²) in [5.41, 5.74) is 0. The average Bonchev–Trinajstić information content (AvgIpc) is 2.99. The summed E-state index contributed by atoms with van der Waals surface area (Å²) < 4.78 is 28.3. The summed E-state index contributed by atoms with van der Waals surface area (Å²) in [4.78, 5) is 0.